The zero-order chi connectivity index (χ0) is 14.8. The highest BCUT2D eigenvalue weighted by atomic mass is 35.5. The standard InChI is InChI=1S/C14H18F3NO2.ClH/c15-14(16,17)20-11-8-4-3-7-10(11)12(18)13(19)9-5-1-2-6-9;/h3-4,7-9,12-13,19H,1-2,5-6,18H2;1H/t12-,13+;/m0./s1. The second-order valence-electron chi connectivity index (χ2n) is 5.15. The van der Waals surface area contributed by atoms with Crippen LogP contribution in [0.2, 0.25) is 0 Å². The highest BCUT2D eigenvalue weighted by Gasteiger charge is 2.35. The molecule has 21 heavy (non-hydrogen) atoms. The molecule has 0 unspecified atom stereocenters. The molecule has 0 radical (unpaired) electrons. The van der Waals surface area contributed by atoms with Crippen LogP contribution < -0.4 is 10.5 Å². The molecule has 1 saturated carbocycles. The van der Waals surface area contributed by atoms with E-state index in [1.807, 2.05) is 0 Å². The van der Waals surface area contributed by atoms with Crippen molar-refractivity contribution in [3.8, 4) is 5.75 Å². The number of benzene rings is 1. The fourth-order valence-electron chi connectivity index (χ4n) is 2.75. The Labute approximate surface area is 127 Å². The van der Waals surface area contributed by atoms with Crippen LogP contribution in [0.15, 0.2) is 24.3 Å². The molecule has 1 aliphatic carbocycles. The van der Waals surface area contributed by atoms with Crippen molar-refractivity contribution in [2.75, 3.05) is 0 Å². The van der Waals surface area contributed by atoms with E-state index in [-0.39, 0.29) is 29.6 Å². The number of ether oxygens (including phenoxy) is 1. The van der Waals surface area contributed by atoms with Gasteiger partial charge in [-0.15, -0.1) is 25.6 Å². The monoisotopic (exact) mass is 325 g/mol. The Morgan fingerprint density at radius 3 is 2.33 bits per heavy atom. The molecule has 7 heteroatoms. The number of hydrogen-bond donors (Lipinski definition) is 2. The van der Waals surface area contributed by atoms with E-state index < -0.39 is 18.5 Å². The van der Waals surface area contributed by atoms with Crippen molar-refractivity contribution >= 4 is 12.4 Å². The first-order valence-corrected chi connectivity index (χ1v) is 6.67. The Bertz CT molecular complexity index is 450. The van der Waals surface area contributed by atoms with Crippen molar-refractivity contribution in [2.24, 2.45) is 11.7 Å². The minimum Gasteiger partial charge on any atom is -0.405 e. The summed E-state index contributed by atoms with van der Waals surface area (Å²) in [5, 5.41) is 10.2. The molecule has 0 spiro atoms. The molecule has 3 nitrogen and oxygen atoms in total. The maximum Gasteiger partial charge on any atom is 0.573 e. The van der Waals surface area contributed by atoms with Crippen LogP contribution in [0.5, 0.6) is 5.75 Å². The van der Waals surface area contributed by atoms with E-state index in [2.05, 4.69) is 4.74 Å². The van der Waals surface area contributed by atoms with Gasteiger partial charge in [-0.2, -0.15) is 0 Å². The third-order valence-corrected chi connectivity index (χ3v) is 3.75. The fourth-order valence-corrected chi connectivity index (χ4v) is 2.75. The van der Waals surface area contributed by atoms with Gasteiger partial charge in [-0.1, -0.05) is 31.0 Å². The maximum absolute atomic E-state index is 12.4. The summed E-state index contributed by atoms with van der Waals surface area (Å²) in [7, 11) is 0. The van der Waals surface area contributed by atoms with Crippen LogP contribution in [0.1, 0.15) is 37.3 Å². The minimum atomic E-state index is -4.77. The van der Waals surface area contributed by atoms with Crippen molar-refractivity contribution in [3.05, 3.63) is 29.8 Å². The predicted molar refractivity (Wildman–Crippen MR) is 75.3 cm³/mol. The third kappa shape index (κ3) is 4.76. The second-order valence-corrected chi connectivity index (χ2v) is 5.15. The van der Waals surface area contributed by atoms with Gasteiger partial charge in [-0.3, -0.25) is 0 Å². The van der Waals surface area contributed by atoms with E-state index in [0.717, 1.165) is 25.7 Å². The number of para-hydroxylation sites is 1. The molecule has 1 aliphatic rings. The van der Waals surface area contributed by atoms with Gasteiger partial charge in [-0.25, -0.2) is 0 Å². The van der Waals surface area contributed by atoms with Gasteiger partial charge in [0.05, 0.1) is 12.1 Å². The summed E-state index contributed by atoms with van der Waals surface area (Å²) in [4.78, 5) is 0. The summed E-state index contributed by atoms with van der Waals surface area (Å²) in [6, 6.07) is 4.82. The van der Waals surface area contributed by atoms with E-state index in [1.165, 1.54) is 18.2 Å². The summed E-state index contributed by atoms with van der Waals surface area (Å²) in [5.74, 6) is -0.298. The number of aliphatic hydroxyl groups excluding tert-OH is 1. The highest BCUT2D eigenvalue weighted by molar-refractivity contribution is 5.85. The highest BCUT2D eigenvalue weighted by Crippen LogP contribution is 2.36. The molecule has 1 fully saturated rings. The van der Waals surface area contributed by atoms with Crippen molar-refractivity contribution in [1.29, 1.82) is 0 Å². The lowest BCUT2D eigenvalue weighted by Gasteiger charge is -2.26. The van der Waals surface area contributed by atoms with Crippen LogP contribution in [0, 0.1) is 5.92 Å². The molecule has 0 aromatic heterocycles. The van der Waals surface area contributed by atoms with E-state index in [4.69, 9.17) is 5.73 Å². The smallest absolute Gasteiger partial charge is 0.405 e. The lowest BCUT2D eigenvalue weighted by molar-refractivity contribution is -0.275. The second kappa shape index (κ2) is 7.33. The van der Waals surface area contributed by atoms with Crippen molar-refractivity contribution < 1.29 is 23.0 Å². The summed E-state index contributed by atoms with van der Waals surface area (Å²) >= 11 is 0. The van der Waals surface area contributed by atoms with Gasteiger partial charge in [0.25, 0.3) is 0 Å². The average molecular weight is 326 g/mol. The average Bonchev–Trinajstić information content (AvgIpc) is 2.89. The Kier molecular flexibility index (Phi) is 6.31. The fraction of sp³-hybridized carbons (Fsp3) is 0.571. The molecule has 120 valence electrons. The first kappa shape index (κ1) is 18.1. The van der Waals surface area contributed by atoms with Crippen molar-refractivity contribution in [3.63, 3.8) is 0 Å². The molecular formula is C14H19ClF3NO2. The predicted octanol–water partition coefficient (Wildman–Crippen LogP) is 3.56. The Balaban J connectivity index is 0.00000220. The summed E-state index contributed by atoms with van der Waals surface area (Å²) in [6.07, 6.45) is -1.86. The van der Waals surface area contributed by atoms with Gasteiger partial charge < -0.3 is 15.6 Å². The zero-order valence-corrected chi connectivity index (χ0v) is 12.2. The van der Waals surface area contributed by atoms with Crippen molar-refractivity contribution in [1.82, 2.24) is 0 Å². The molecule has 0 saturated heterocycles. The number of rotatable bonds is 4. The SMILES string of the molecule is Cl.N[C@@H](c1ccccc1OC(F)(F)F)[C@H](O)C1CCCC1. The van der Waals surface area contributed by atoms with Crippen LogP contribution >= 0.6 is 12.4 Å². The molecule has 2 atom stereocenters. The van der Waals surface area contributed by atoms with Gasteiger partial charge in [0.15, 0.2) is 0 Å². The van der Waals surface area contributed by atoms with Gasteiger partial charge >= 0.3 is 6.36 Å². The quantitative estimate of drug-likeness (QED) is 0.890. The van der Waals surface area contributed by atoms with Gasteiger partial charge in [-0.05, 0) is 24.8 Å². The Morgan fingerprint density at radius 2 is 1.76 bits per heavy atom. The largest absolute Gasteiger partial charge is 0.573 e. The minimum absolute atomic E-state index is 0. The lowest BCUT2D eigenvalue weighted by atomic mass is 9.90. The number of aliphatic hydroxyl groups is 1. The summed E-state index contributed by atoms with van der Waals surface area (Å²) in [6.45, 7) is 0. The van der Waals surface area contributed by atoms with Gasteiger partial charge in [0.2, 0.25) is 0 Å². The summed E-state index contributed by atoms with van der Waals surface area (Å²) < 4.78 is 41.1. The first-order valence-electron chi connectivity index (χ1n) is 6.67. The maximum atomic E-state index is 12.4. The van der Waals surface area contributed by atoms with E-state index >= 15 is 0 Å². The molecule has 1 aromatic rings. The third-order valence-electron chi connectivity index (χ3n) is 3.75. The van der Waals surface area contributed by atoms with Crippen LogP contribution in [0.3, 0.4) is 0 Å². The number of halogens is 4. The lowest BCUT2D eigenvalue weighted by Crippen LogP contribution is -2.32. The first-order chi connectivity index (χ1) is 9.38. The number of hydrogen-bond acceptors (Lipinski definition) is 3. The topological polar surface area (TPSA) is 55.5 Å². The molecule has 0 heterocycles. The molecule has 0 aliphatic heterocycles. The molecule has 0 bridgehead atoms. The Hall–Kier alpha value is -0.980. The zero-order valence-electron chi connectivity index (χ0n) is 11.3. The molecule has 3 N–H and O–H groups in total. The Morgan fingerprint density at radius 1 is 1.19 bits per heavy atom. The van der Waals surface area contributed by atoms with Gasteiger partial charge in [0, 0.05) is 5.56 Å². The number of nitrogens with two attached hydrogens (primary N) is 1. The molecule has 2 rings (SSSR count). The van der Waals surface area contributed by atoms with E-state index in [0.29, 0.717) is 0 Å². The van der Waals surface area contributed by atoms with E-state index in [9.17, 15) is 18.3 Å². The molecule has 0 amide bonds. The van der Waals surface area contributed by atoms with E-state index in [1.54, 1.807) is 6.07 Å². The van der Waals surface area contributed by atoms with Crippen LogP contribution in [-0.4, -0.2) is 17.6 Å². The van der Waals surface area contributed by atoms with Crippen molar-refractivity contribution in [2.45, 2.75) is 44.2 Å². The van der Waals surface area contributed by atoms with Crippen LogP contribution in [0.4, 0.5) is 13.2 Å². The van der Waals surface area contributed by atoms with Gasteiger partial charge in [0.1, 0.15) is 5.75 Å². The van der Waals surface area contributed by atoms with Crippen LogP contribution in [-0.2, 0) is 0 Å². The normalized spacial score (nSPS) is 18.9. The molecule has 1 aromatic carbocycles. The summed E-state index contributed by atoms with van der Waals surface area (Å²) in [5.41, 5.74) is 6.13. The van der Waals surface area contributed by atoms with Crippen LogP contribution in [0.25, 0.3) is 0 Å². The molecular weight excluding hydrogens is 307 g/mol. The number of alkyl halides is 3.